The summed E-state index contributed by atoms with van der Waals surface area (Å²) >= 11 is 0. The Kier molecular flexibility index (Phi) is 5.68. The van der Waals surface area contributed by atoms with Crippen molar-refractivity contribution < 1.29 is 9.59 Å². The van der Waals surface area contributed by atoms with Crippen molar-refractivity contribution in [2.75, 3.05) is 18.4 Å². The van der Waals surface area contributed by atoms with E-state index in [2.05, 4.69) is 20.9 Å². The van der Waals surface area contributed by atoms with Gasteiger partial charge in [0.25, 0.3) is 5.91 Å². The van der Waals surface area contributed by atoms with Crippen LogP contribution in [0.25, 0.3) is 0 Å². The molecule has 2 N–H and O–H groups in total. The molecule has 0 bridgehead atoms. The molecule has 138 valence electrons. The van der Waals surface area contributed by atoms with E-state index in [-0.39, 0.29) is 30.1 Å². The molecule has 1 saturated heterocycles. The second kappa shape index (κ2) is 7.97. The minimum absolute atomic E-state index is 0. The quantitative estimate of drug-likeness (QED) is 0.859. The molecule has 0 unspecified atom stereocenters. The molecule has 2 aromatic rings. The summed E-state index contributed by atoms with van der Waals surface area (Å²) in [6, 6.07) is 5.82. The van der Waals surface area contributed by atoms with Gasteiger partial charge in [-0.05, 0) is 56.5 Å². The molecule has 0 atom stereocenters. The van der Waals surface area contributed by atoms with Crippen molar-refractivity contribution in [2.24, 2.45) is 0 Å². The van der Waals surface area contributed by atoms with Crippen molar-refractivity contribution in [3.63, 3.8) is 0 Å². The topological polar surface area (TPSA) is 88.9 Å². The number of ketones is 1. The van der Waals surface area contributed by atoms with Crippen molar-refractivity contribution in [3.8, 4) is 0 Å². The van der Waals surface area contributed by atoms with E-state index in [0.717, 1.165) is 49.9 Å². The molecule has 0 saturated carbocycles. The summed E-state index contributed by atoms with van der Waals surface area (Å²) in [4.78, 5) is 24.5. The highest BCUT2D eigenvalue weighted by molar-refractivity contribution is 6.04. The number of hydrogen-bond acceptors (Lipinski definition) is 5. The smallest absolute Gasteiger partial charge is 0.277 e. The average Bonchev–Trinajstić information content (AvgIpc) is 3.13. The van der Waals surface area contributed by atoms with Crippen LogP contribution in [0.15, 0.2) is 24.4 Å². The van der Waals surface area contributed by atoms with Crippen LogP contribution in [0.5, 0.6) is 0 Å². The number of aromatic nitrogens is 3. The normalized spacial score (nSPS) is 17.3. The van der Waals surface area contributed by atoms with Gasteiger partial charge in [0.15, 0.2) is 11.5 Å². The predicted octanol–water partition coefficient (Wildman–Crippen LogP) is 2.40. The number of Topliss-reactive ketones (excluding diaryl/α,β-unsaturated/α-hetero) is 1. The van der Waals surface area contributed by atoms with E-state index in [1.807, 2.05) is 12.1 Å². The number of aryl methyl sites for hydroxylation is 1. The second-order valence-electron chi connectivity index (χ2n) is 6.67. The van der Waals surface area contributed by atoms with Crippen LogP contribution in [0, 0.1) is 0 Å². The van der Waals surface area contributed by atoms with Gasteiger partial charge in [0.1, 0.15) is 0 Å². The average molecular weight is 376 g/mol. The Morgan fingerprint density at radius 2 is 2.04 bits per heavy atom. The molecule has 0 radical (unpaired) electrons. The third kappa shape index (κ3) is 3.78. The van der Waals surface area contributed by atoms with Crippen molar-refractivity contribution >= 4 is 29.8 Å². The maximum absolute atomic E-state index is 12.4. The fourth-order valence-electron chi connectivity index (χ4n) is 3.53. The summed E-state index contributed by atoms with van der Waals surface area (Å²) < 4.78 is 1.78. The molecule has 1 aromatic heterocycles. The van der Waals surface area contributed by atoms with Gasteiger partial charge in [0.2, 0.25) is 0 Å². The molecule has 1 aromatic carbocycles. The van der Waals surface area contributed by atoms with Gasteiger partial charge in [-0.3, -0.25) is 9.59 Å². The highest BCUT2D eigenvalue weighted by atomic mass is 35.5. The van der Waals surface area contributed by atoms with E-state index in [9.17, 15) is 9.59 Å². The molecule has 4 rings (SSSR count). The van der Waals surface area contributed by atoms with Crippen LogP contribution in [0.1, 0.15) is 58.1 Å². The van der Waals surface area contributed by atoms with Gasteiger partial charge < -0.3 is 10.6 Å². The Bertz CT molecular complexity index is 814. The van der Waals surface area contributed by atoms with E-state index < -0.39 is 0 Å². The number of carbonyl (C=O) groups is 2. The Labute approximate surface area is 157 Å². The molecule has 0 spiro atoms. The van der Waals surface area contributed by atoms with Crippen LogP contribution in [0.2, 0.25) is 0 Å². The number of carbonyl (C=O) groups excluding carboxylic acids is 2. The number of anilines is 1. The summed E-state index contributed by atoms with van der Waals surface area (Å²) in [6.07, 6.45) is 6.07. The Morgan fingerprint density at radius 3 is 2.85 bits per heavy atom. The molecular formula is C18H22ClN5O2. The number of piperidine rings is 1. The lowest BCUT2D eigenvalue weighted by Crippen LogP contribution is -2.29. The number of fused-ring (bicyclic) bond motifs is 1. The van der Waals surface area contributed by atoms with Crippen LogP contribution in [-0.2, 0) is 6.42 Å². The van der Waals surface area contributed by atoms with Gasteiger partial charge >= 0.3 is 0 Å². The number of amides is 1. The van der Waals surface area contributed by atoms with Crippen molar-refractivity contribution in [3.05, 3.63) is 41.2 Å². The van der Waals surface area contributed by atoms with Crippen LogP contribution in [0.4, 0.5) is 5.69 Å². The molecule has 7 nitrogen and oxygen atoms in total. The van der Waals surface area contributed by atoms with Gasteiger partial charge in [0.05, 0.1) is 12.2 Å². The Balaban J connectivity index is 0.00000196. The van der Waals surface area contributed by atoms with Crippen molar-refractivity contribution in [2.45, 2.75) is 38.1 Å². The zero-order valence-corrected chi connectivity index (χ0v) is 15.2. The summed E-state index contributed by atoms with van der Waals surface area (Å²) in [6.45, 7) is 1.91. The first-order chi connectivity index (χ1) is 12.2. The molecule has 1 fully saturated rings. The molecule has 2 aliphatic rings. The van der Waals surface area contributed by atoms with Crippen LogP contribution in [-0.4, -0.2) is 39.8 Å². The highest BCUT2D eigenvalue weighted by Gasteiger charge is 2.20. The molecular weight excluding hydrogens is 354 g/mol. The number of halogens is 1. The van der Waals surface area contributed by atoms with Gasteiger partial charge in [-0.2, -0.15) is 0 Å². The van der Waals surface area contributed by atoms with Crippen molar-refractivity contribution in [1.29, 1.82) is 0 Å². The van der Waals surface area contributed by atoms with Gasteiger partial charge in [-0.1, -0.05) is 11.3 Å². The van der Waals surface area contributed by atoms with E-state index in [1.54, 1.807) is 16.9 Å². The minimum Gasteiger partial charge on any atom is -0.321 e. The SMILES string of the molecule is Cl.O=C(Nc1ccc2c(c1)C(=O)CCC2)c1cn(C2CCNCC2)nn1. The molecule has 2 heterocycles. The molecule has 1 aliphatic heterocycles. The lowest BCUT2D eigenvalue weighted by molar-refractivity contribution is 0.0970. The lowest BCUT2D eigenvalue weighted by atomic mass is 9.90. The number of nitrogens with zero attached hydrogens (tertiary/aromatic N) is 3. The van der Waals surface area contributed by atoms with Gasteiger partial charge in [-0.25, -0.2) is 4.68 Å². The van der Waals surface area contributed by atoms with Crippen molar-refractivity contribution in [1.82, 2.24) is 20.3 Å². The first kappa shape index (κ1) is 18.5. The first-order valence-corrected chi connectivity index (χ1v) is 8.81. The van der Waals surface area contributed by atoms with Crippen LogP contribution >= 0.6 is 12.4 Å². The summed E-state index contributed by atoms with van der Waals surface area (Å²) in [5.41, 5.74) is 2.70. The summed E-state index contributed by atoms with van der Waals surface area (Å²) in [7, 11) is 0. The molecule has 8 heteroatoms. The zero-order valence-electron chi connectivity index (χ0n) is 14.4. The monoisotopic (exact) mass is 375 g/mol. The largest absolute Gasteiger partial charge is 0.321 e. The number of rotatable bonds is 3. The maximum Gasteiger partial charge on any atom is 0.277 e. The third-order valence-corrected chi connectivity index (χ3v) is 4.94. The van der Waals surface area contributed by atoms with Crippen LogP contribution in [0.3, 0.4) is 0 Å². The standard InChI is InChI=1S/C18H21N5O2.ClH/c24-17-3-1-2-12-4-5-13(10-15(12)17)20-18(25)16-11-23(22-21-16)14-6-8-19-9-7-14;/h4-5,10-11,14,19H,1-3,6-9H2,(H,20,25);1H. The van der Waals surface area contributed by atoms with Gasteiger partial charge in [0, 0.05) is 17.7 Å². The van der Waals surface area contributed by atoms with Gasteiger partial charge in [-0.15, -0.1) is 17.5 Å². The van der Waals surface area contributed by atoms with E-state index >= 15 is 0 Å². The van der Waals surface area contributed by atoms with Crippen LogP contribution < -0.4 is 10.6 Å². The lowest BCUT2D eigenvalue weighted by Gasteiger charge is -2.22. The van der Waals surface area contributed by atoms with E-state index in [0.29, 0.717) is 17.8 Å². The Morgan fingerprint density at radius 1 is 1.23 bits per heavy atom. The number of nitrogens with one attached hydrogen (secondary N) is 2. The number of benzene rings is 1. The third-order valence-electron chi connectivity index (χ3n) is 4.94. The minimum atomic E-state index is -0.302. The number of hydrogen-bond donors (Lipinski definition) is 2. The summed E-state index contributed by atoms with van der Waals surface area (Å²) in [5, 5.41) is 14.2. The predicted molar refractivity (Wildman–Crippen MR) is 100 cm³/mol. The molecule has 1 aliphatic carbocycles. The second-order valence-corrected chi connectivity index (χ2v) is 6.67. The first-order valence-electron chi connectivity index (χ1n) is 8.81. The Hall–Kier alpha value is -2.25. The molecule has 26 heavy (non-hydrogen) atoms. The fourth-order valence-corrected chi connectivity index (χ4v) is 3.53. The molecule has 1 amide bonds. The van der Waals surface area contributed by atoms with E-state index in [4.69, 9.17) is 0 Å². The fraction of sp³-hybridized carbons (Fsp3) is 0.444. The maximum atomic E-state index is 12.4. The zero-order chi connectivity index (χ0) is 17.2. The highest BCUT2D eigenvalue weighted by Crippen LogP contribution is 2.24. The van der Waals surface area contributed by atoms with E-state index in [1.165, 1.54) is 0 Å². The summed E-state index contributed by atoms with van der Waals surface area (Å²) in [5.74, 6) is -0.155.